The predicted molar refractivity (Wildman–Crippen MR) is 78.5 cm³/mol. The van der Waals surface area contributed by atoms with E-state index in [2.05, 4.69) is 57.4 Å². The number of nitrogens with one attached hydrogen (secondary N) is 1. The van der Waals surface area contributed by atoms with Gasteiger partial charge in [-0.15, -0.1) is 12.6 Å². The van der Waals surface area contributed by atoms with Gasteiger partial charge in [-0.2, -0.15) is 0 Å². The lowest BCUT2D eigenvalue weighted by Crippen LogP contribution is -2.26. The standard InChI is InChI=1S/C15H23NS/c1-5-11(3)15(16-12(4)6-2)13-9-7-8-10-14(13)17/h7-11,15-17H,4-6H2,1-3H3. The van der Waals surface area contributed by atoms with E-state index >= 15 is 0 Å². The summed E-state index contributed by atoms with van der Waals surface area (Å²) in [5.41, 5.74) is 2.35. The number of hydrogen-bond acceptors (Lipinski definition) is 2. The molecule has 0 aromatic heterocycles. The normalized spacial score (nSPS) is 14.1. The maximum absolute atomic E-state index is 4.55. The van der Waals surface area contributed by atoms with E-state index in [-0.39, 0.29) is 0 Å². The van der Waals surface area contributed by atoms with E-state index in [9.17, 15) is 0 Å². The molecule has 2 unspecified atom stereocenters. The molecule has 1 aromatic rings. The average molecular weight is 249 g/mol. The Kier molecular flexibility index (Phi) is 5.63. The molecule has 0 saturated carbocycles. The zero-order chi connectivity index (χ0) is 12.8. The summed E-state index contributed by atoms with van der Waals surface area (Å²) in [6.45, 7) is 10.7. The second kappa shape index (κ2) is 6.75. The molecule has 2 heteroatoms. The van der Waals surface area contributed by atoms with Gasteiger partial charge >= 0.3 is 0 Å². The van der Waals surface area contributed by atoms with Gasteiger partial charge < -0.3 is 5.32 Å². The smallest absolute Gasteiger partial charge is 0.0547 e. The van der Waals surface area contributed by atoms with Gasteiger partial charge in [0, 0.05) is 10.6 Å². The Morgan fingerprint density at radius 2 is 2.00 bits per heavy atom. The van der Waals surface area contributed by atoms with Crippen molar-refractivity contribution >= 4 is 12.6 Å². The van der Waals surface area contributed by atoms with Crippen LogP contribution in [0.25, 0.3) is 0 Å². The Morgan fingerprint density at radius 1 is 1.35 bits per heavy atom. The second-order valence-electron chi connectivity index (χ2n) is 4.52. The number of hydrogen-bond donors (Lipinski definition) is 2. The van der Waals surface area contributed by atoms with E-state index in [0.29, 0.717) is 12.0 Å². The summed E-state index contributed by atoms with van der Waals surface area (Å²) in [7, 11) is 0. The summed E-state index contributed by atoms with van der Waals surface area (Å²) in [6.07, 6.45) is 2.10. The van der Waals surface area contributed by atoms with Gasteiger partial charge in [0.15, 0.2) is 0 Å². The fraction of sp³-hybridized carbons (Fsp3) is 0.467. The van der Waals surface area contributed by atoms with Crippen molar-refractivity contribution in [2.45, 2.75) is 44.6 Å². The number of thiol groups is 1. The summed E-state index contributed by atoms with van der Waals surface area (Å²) >= 11 is 4.55. The second-order valence-corrected chi connectivity index (χ2v) is 5.01. The lowest BCUT2D eigenvalue weighted by atomic mass is 9.92. The van der Waals surface area contributed by atoms with Crippen molar-refractivity contribution in [3.05, 3.63) is 42.1 Å². The highest BCUT2D eigenvalue weighted by molar-refractivity contribution is 7.80. The predicted octanol–water partition coefficient (Wildman–Crippen LogP) is 4.58. The number of allylic oxidation sites excluding steroid dienone is 1. The quantitative estimate of drug-likeness (QED) is 0.703. The molecule has 0 saturated heterocycles. The van der Waals surface area contributed by atoms with Crippen LogP contribution in [0, 0.1) is 5.92 Å². The highest BCUT2D eigenvalue weighted by atomic mass is 32.1. The van der Waals surface area contributed by atoms with Crippen LogP contribution < -0.4 is 5.32 Å². The van der Waals surface area contributed by atoms with Crippen LogP contribution in [0.1, 0.15) is 45.2 Å². The van der Waals surface area contributed by atoms with Gasteiger partial charge in [0.05, 0.1) is 6.04 Å². The molecule has 17 heavy (non-hydrogen) atoms. The third-order valence-corrected chi connectivity index (χ3v) is 3.68. The van der Waals surface area contributed by atoms with Gasteiger partial charge in [-0.3, -0.25) is 0 Å². The van der Waals surface area contributed by atoms with E-state index < -0.39 is 0 Å². The first-order valence-electron chi connectivity index (χ1n) is 6.32. The lowest BCUT2D eigenvalue weighted by molar-refractivity contribution is 0.396. The van der Waals surface area contributed by atoms with Crippen LogP contribution in [0.15, 0.2) is 41.4 Å². The lowest BCUT2D eigenvalue weighted by Gasteiger charge is -2.27. The summed E-state index contributed by atoms with van der Waals surface area (Å²) in [5, 5.41) is 3.53. The Bertz CT molecular complexity index is 373. The van der Waals surface area contributed by atoms with Crippen molar-refractivity contribution in [3.63, 3.8) is 0 Å². The molecule has 1 rings (SSSR count). The SMILES string of the molecule is C=C(CC)NC(c1ccccc1S)C(C)CC. The van der Waals surface area contributed by atoms with Gasteiger partial charge in [0.25, 0.3) is 0 Å². The van der Waals surface area contributed by atoms with Gasteiger partial charge in [-0.25, -0.2) is 0 Å². The molecule has 2 atom stereocenters. The van der Waals surface area contributed by atoms with Crippen molar-refractivity contribution in [1.29, 1.82) is 0 Å². The zero-order valence-electron chi connectivity index (χ0n) is 11.0. The minimum absolute atomic E-state index is 0.307. The van der Waals surface area contributed by atoms with Gasteiger partial charge in [0.2, 0.25) is 0 Å². The van der Waals surface area contributed by atoms with E-state index in [1.165, 1.54) is 5.56 Å². The van der Waals surface area contributed by atoms with Crippen LogP contribution in [0.2, 0.25) is 0 Å². The Morgan fingerprint density at radius 3 is 2.53 bits per heavy atom. The highest BCUT2D eigenvalue weighted by Gasteiger charge is 2.19. The first-order chi connectivity index (χ1) is 8.10. The first-order valence-corrected chi connectivity index (χ1v) is 6.77. The summed E-state index contributed by atoms with van der Waals surface area (Å²) < 4.78 is 0. The summed E-state index contributed by atoms with van der Waals surface area (Å²) in [5.74, 6) is 0.562. The van der Waals surface area contributed by atoms with Crippen molar-refractivity contribution in [2.75, 3.05) is 0 Å². The minimum atomic E-state index is 0.307. The third-order valence-electron chi connectivity index (χ3n) is 3.27. The molecule has 0 aliphatic rings. The molecule has 0 spiro atoms. The fourth-order valence-corrected chi connectivity index (χ4v) is 2.13. The Hall–Kier alpha value is -0.890. The van der Waals surface area contributed by atoms with Crippen molar-refractivity contribution in [3.8, 4) is 0 Å². The molecule has 1 aromatic carbocycles. The molecular weight excluding hydrogens is 226 g/mol. The van der Waals surface area contributed by atoms with Crippen LogP contribution in [0.4, 0.5) is 0 Å². The largest absolute Gasteiger partial charge is 0.382 e. The number of rotatable bonds is 6. The van der Waals surface area contributed by atoms with E-state index in [0.717, 1.165) is 23.4 Å². The number of benzene rings is 1. The summed E-state index contributed by atoms with van der Waals surface area (Å²) in [4.78, 5) is 1.05. The van der Waals surface area contributed by atoms with Crippen molar-refractivity contribution in [2.24, 2.45) is 5.92 Å². The summed E-state index contributed by atoms with van der Waals surface area (Å²) in [6, 6.07) is 8.59. The molecule has 94 valence electrons. The fourth-order valence-electron chi connectivity index (χ4n) is 1.83. The third kappa shape index (κ3) is 3.81. The molecule has 0 bridgehead atoms. The van der Waals surface area contributed by atoms with Crippen molar-refractivity contribution < 1.29 is 0 Å². The molecule has 1 N–H and O–H groups in total. The van der Waals surface area contributed by atoms with Crippen molar-refractivity contribution in [1.82, 2.24) is 5.32 Å². The van der Waals surface area contributed by atoms with E-state index in [4.69, 9.17) is 0 Å². The maximum atomic E-state index is 4.55. The maximum Gasteiger partial charge on any atom is 0.0547 e. The molecule has 0 aliphatic carbocycles. The van der Waals surface area contributed by atoms with Crippen LogP contribution in [-0.4, -0.2) is 0 Å². The first kappa shape index (κ1) is 14.2. The average Bonchev–Trinajstić information content (AvgIpc) is 2.35. The molecular formula is C15H23NS. The molecule has 0 aliphatic heterocycles. The van der Waals surface area contributed by atoms with E-state index in [1.54, 1.807) is 0 Å². The zero-order valence-corrected chi connectivity index (χ0v) is 11.9. The topological polar surface area (TPSA) is 12.0 Å². The van der Waals surface area contributed by atoms with Gasteiger partial charge in [-0.05, 0) is 24.0 Å². The molecule has 1 nitrogen and oxygen atoms in total. The van der Waals surface area contributed by atoms with Gasteiger partial charge in [0.1, 0.15) is 0 Å². The monoisotopic (exact) mass is 249 g/mol. The molecule has 0 amide bonds. The van der Waals surface area contributed by atoms with Gasteiger partial charge in [-0.1, -0.05) is 52.0 Å². The Balaban J connectivity index is 2.98. The van der Waals surface area contributed by atoms with Crippen LogP contribution >= 0.6 is 12.6 Å². The van der Waals surface area contributed by atoms with Crippen LogP contribution in [0.5, 0.6) is 0 Å². The minimum Gasteiger partial charge on any atom is -0.382 e. The van der Waals surface area contributed by atoms with E-state index in [1.807, 2.05) is 12.1 Å². The van der Waals surface area contributed by atoms with Crippen LogP contribution in [0.3, 0.4) is 0 Å². The molecule has 0 radical (unpaired) electrons. The highest BCUT2D eigenvalue weighted by Crippen LogP contribution is 2.29. The van der Waals surface area contributed by atoms with Crippen LogP contribution in [-0.2, 0) is 0 Å². The molecule has 0 fully saturated rings. The Labute approximate surface area is 111 Å². The molecule has 0 heterocycles.